The van der Waals surface area contributed by atoms with E-state index in [4.69, 9.17) is 4.52 Å². The number of hydrogen-bond donors (Lipinski definition) is 1. The third-order valence-electron chi connectivity index (χ3n) is 4.46. The summed E-state index contributed by atoms with van der Waals surface area (Å²) in [7, 11) is 0. The smallest absolute Gasteiger partial charge is 0.251 e. The Morgan fingerprint density at radius 2 is 1.82 bits per heavy atom. The van der Waals surface area contributed by atoms with Crippen LogP contribution < -0.4 is 5.32 Å². The molecule has 22 heavy (non-hydrogen) atoms. The van der Waals surface area contributed by atoms with Crippen molar-refractivity contribution in [3.05, 3.63) is 35.7 Å². The zero-order chi connectivity index (χ0) is 14.9. The normalized spacial score (nSPS) is 18.5. The van der Waals surface area contributed by atoms with Crippen LogP contribution in [-0.4, -0.2) is 22.1 Å². The number of aromatic nitrogens is 2. The SMILES string of the molecule is O=C(NC1CCCC1)c1ccc(-c2noc(C3CC3)n2)cc1. The van der Waals surface area contributed by atoms with Crippen molar-refractivity contribution in [1.29, 1.82) is 0 Å². The van der Waals surface area contributed by atoms with Crippen molar-refractivity contribution in [2.75, 3.05) is 0 Å². The number of benzene rings is 1. The van der Waals surface area contributed by atoms with Crippen LogP contribution in [0.3, 0.4) is 0 Å². The van der Waals surface area contributed by atoms with Gasteiger partial charge in [-0.2, -0.15) is 4.98 Å². The molecule has 2 aliphatic carbocycles. The largest absolute Gasteiger partial charge is 0.349 e. The van der Waals surface area contributed by atoms with E-state index in [1.807, 2.05) is 24.3 Å². The van der Waals surface area contributed by atoms with E-state index >= 15 is 0 Å². The molecule has 2 fully saturated rings. The van der Waals surface area contributed by atoms with Gasteiger partial charge >= 0.3 is 0 Å². The lowest BCUT2D eigenvalue weighted by atomic mass is 10.1. The van der Waals surface area contributed by atoms with Gasteiger partial charge in [-0.15, -0.1) is 0 Å². The lowest BCUT2D eigenvalue weighted by Crippen LogP contribution is -2.32. The van der Waals surface area contributed by atoms with Crippen molar-refractivity contribution < 1.29 is 9.32 Å². The minimum Gasteiger partial charge on any atom is -0.349 e. The fraction of sp³-hybridized carbons (Fsp3) is 0.471. The van der Waals surface area contributed by atoms with E-state index in [1.165, 1.54) is 12.8 Å². The van der Waals surface area contributed by atoms with Crippen LogP contribution in [0.15, 0.2) is 28.8 Å². The predicted molar refractivity (Wildman–Crippen MR) is 81.4 cm³/mol. The highest BCUT2D eigenvalue weighted by Gasteiger charge is 2.29. The van der Waals surface area contributed by atoms with E-state index < -0.39 is 0 Å². The lowest BCUT2D eigenvalue weighted by Gasteiger charge is -2.11. The van der Waals surface area contributed by atoms with Crippen LogP contribution in [0.25, 0.3) is 11.4 Å². The number of hydrogen-bond acceptors (Lipinski definition) is 4. The summed E-state index contributed by atoms with van der Waals surface area (Å²) in [5.74, 6) is 1.80. The first-order valence-electron chi connectivity index (χ1n) is 8.04. The van der Waals surface area contributed by atoms with Crippen molar-refractivity contribution >= 4 is 5.91 Å². The maximum Gasteiger partial charge on any atom is 0.251 e. The molecule has 4 rings (SSSR count). The fourth-order valence-electron chi connectivity index (χ4n) is 2.96. The summed E-state index contributed by atoms with van der Waals surface area (Å²) < 4.78 is 5.27. The summed E-state index contributed by atoms with van der Waals surface area (Å²) in [5.41, 5.74) is 1.56. The van der Waals surface area contributed by atoms with Gasteiger partial charge in [0.25, 0.3) is 5.91 Å². The third kappa shape index (κ3) is 2.75. The average molecular weight is 297 g/mol. The van der Waals surface area contributed by atoms with Crippen LogP contribution in [0.1, 0.15) is 60.7 Å². The van der Waals surface area contributed by atoms with Crippen LogP contribution in [0.4, 0.5) is 0 Å². The minimum atomic E-state index is 0.00484. The highest BCUT2D eigenvalue weighted by Crippen LogP contribution is 2.39. The molecule has 0 saturated heterocycles. The summed E-state index contributed by atoms with van der Waals surface area (Å²) in [6, 6.07) is 7.75. The molecule has 114 valence electrons. The van der Waals surface area contributed by atoms with Crippen LogP contribution in [0, 0.1) is 0 Å². The molecule has 5 heteroatoms. The lowest BCUT2D eigenvalue weighted by molar-refractivity contribution is 0.0938. The molecule has 1 aromatic heterocycles. The molecule has 1 N–H and O–H groups in total. The predicted octanol–water partition coefficient (Wildman–Crippen LogP) is 3.29. The second kappa shape index (κ2) is 5.55. The van der Waals surface area contributed by atoms with Gasteiger partial charge in [0.05, 0.1) is 0 Å². The molecule has 0 bridgehead atoms. The molecular weight excluding hydrogens is 278 g/mol. The number of amides is 1. The first-order valence-corrected chi connectivity index (χ1v) is 8.04. The zero-order valence-electron chi connectivity index (χ0n) is 12.4. The number of nitrogens with one attached hydrogen (secondary N) is 1. The Kier molecular flexibility index (Phi) is 3.41. The molecule has 5 nitrogen and oxygen atoms in total. The first kappa shape index (κ1) is 13.5. The summed E-state index contributed by atoms with van der Waals surface area (Å²) >= 11 is 0. The van der Waals surface area contributed by atoms with Crippen LogP contribution >= 0.6 is 0 Å². The van der Waals surface area contributed by atoms with E-state index in [1.54, 1.807) is 0 Å². The van der Waals surface area contributed by atoms with E-state index in [0.717, 1.165) is 37.1 Å². The molecule has 1 amide bonds. The van der Waals surface area contributed by atoms with Gasteiger partial charge in [0, 0.05) is 23.1 Å². The Labute approximate surface area is 129 Å². The van der Waals surface area contributed by atoms with Crippen LogP contribution in [0.2, 0.25) is 0 Å². The van der Waals surface area contributed by atoms with Gasteiger partial charge in [-0.3, -0.25) is 4.79 Å². The van der Waals surface area contributed by atoms with Gasteiger partial charge in [0.1, 0.15) is 0 Å². The van der Waals surface area contributed by atoms with Gasteiger partial charge in [0.2, 0.25) is 11.7 Å². The molecule has 0 radical (unpaired) electrons. The maximum atomic E-state index is 12.2. The fourth-order valence-corrected chi connectivity index (χ4v) is 2.96. The molecule has 0 atom stereocenters. The van der Waals surface area contributed by atoms with Crippen LogP contribution in [-0.2, 0) is 0 Å². The maximum absolute atomic E-state index is 12.2. The quantitative estimate of drug-likeness (QED) is 0.940. The summed E-state index contributed by atoms with van der Waals surface area (Å²) in [5, 5.41) is 7.11. The van der Waals surface area contributed by atoms with E-state index in [0.29, 0.717) is 23.3 Å². The Balaban J connectivity index is 1.45. The second-order valence-corrected chi connectivity index (χ2v) is 6.26. The van der Waals surface area contributed by atoms with Gasteiger partial charge in [-0.05, 0) is 37.8 Å². The third-order valence-corrected chi connectivity index (χ3v) is 4.46. The molecule has 2 saturated carbocycles. The van der Waals surface area contributed by atoms with Gasteiger partial charge < -0.3 is 9.84 Å². The highest BCUT2D eigenvalue weighted by atomic mass is 16.5. The Morgan fingerprint density at radius 1 is 1.09 bits per heavy atom. The topological polar surface area (TPSA) is 68.0 Å². The number of nitrogens with zero attached hydrogens (tertiary/aromatic N) is 2. The summed E-state index contributed by atoms with van der Waals surface area (Å²) in [6.07, 6.45) is 6.90. The highest BCUT2D eigenvalue weighted by molar-refractivity contribution is 5.94. The van der Waals surface area contributed by atoms with Crippen molar-refractivity contribution in [1.82, 2.24) is 15.5 Å². The number of carbonyl (C=O) groups excluding carboxylic acids is 1. The molecular formula is C17H19N3O2. The summed E-state index contributed by atoms with van der Waals surface area (Å²) in [4.78, 5) is 16.6. The summed E-state index contributed by atoms with van der Waals surface area (Å²) in [6.45, 7) is 0. The van der Waals surface area contributed by atoms with E-state index in [9.17, 15) is 4.79 Å². The van der Waals surface area contributed by atoms with Crippen molar-refractivity contribution in [3.8, 4) is 11.4 Å². The average Bonchev–Trinajstić information content (AvgIpc) is 3.06. The monoisotopic (exact) mass is 297 g/mol. The van der Waals surface area contributed by atoms with E-state index in [2.05, 4.69) is 15.5 Å². The molecule has 2 aliphatic rings. The standard InChI is InChI=1S/C17H19N3O2/c21-16(18-14-3-1-2-4-14)12-7-5-11(6-8-12)15-19-17(22-20-15)13-9-10-13/h5-8,13-14H,1-4,9-10H2,(H,18,21). The second-order valence-electron chi connectivity index (χ2n) is 6.26. The molecule has 0 spiro atoms. The first-order chi connectivity index (χ1) is 10.8. The molecule has 1 heterocycles. The Morgan fingerprint density at radius 3 is 2.50 bits per heavy atom. The van der Waals surface area contributed by atoms with Crippen LogP contribution in [0.5, 0.6) is 0 Å². The van der Waals surface area contributed by atoms with Gasteiger partial charge in [-0.25, -0.2) is 0 Å². The zero-order valence-corrected chi connectivity index (χ0v) is 12.4. The minimum absolute atomic E-state index is 0.00484. The molecule has 1 aromatic carbocycles. The molecule has 2 aromatic rings. The number of carbonyl (C=O) groups is 1. The van der Waals surface area contributed by atoms with Gasteiger partial charge in [0.15, 0.2) is 0 Å². The van der Waals surface area contributed by atoms with Crippen molar-refractivity contribution in [2.45, 2.75) is 50.5 Å². The van der Waals surface area contributed by atoms with Gasteiger partial charge in [-0.1, -0.05) is 30.1 Å². The molecule has 0 unspecified atom stereocenters. The van der Waals surface area contributed by atoms with E-state index in [-0.39, 0.29) is 5.91 Å². The Bertz CT molecular complexity index is 667. The van der Waals surface area contributed by atoms with Crippen molar-refractivity contribution in [3.63, 3.8) is 0 Å². The molecule has 0 aliphatic heterocycles. The number of rotatable bonds is 4. The Hall–Kier alpha value is -2.17. The van der Waals surface area contributed by atoms with Crippen molar-refractivity contribution in [2.24, 2.45) is 0 Å².